The number of hydrogen-bond acceptors (Lipinski definition) is 5. The largest absolute Gasteiger partial charge is 0.497 e. The molecule has 20 heavy (non-hydrogen) atoms. The van der Waals surface area contributed by atoms with Crippen LogP contribution in [0.25, 0.3) is 11.1 Å². The number of aromatic nitrogens is 1. The zero-order chi connectivity index (χ0) is 14.7. The molecular formula is C14H14N2O4. The Kier molecular flexibility index (Phi) is 3.74. The SMILES string of the molecule is COc1cc(OC)cc(-c2ccc(N)nc2C(=O)O)c1. The molecule has 0 radical (unpaired) electrons. The fourth-order valence-electron chi connectivity index (χ4n) is 1.83. The highest BCUT2D eigenvalue weighted by molar-refractivity contribution is 5.94. The van der Waals surface area contributed by atoms with Crippen LogP contribution in [0.3, 0.4) is 0 Å². The molecule has 0 aliphatic rings. The molecule has 0 atom stereocenters. The molecule has 0 amide bonds. The van der Waals surface area contributed by atoms with Crippen molar-refractivity contribution in [2.24, 2.45) is 0 Å². The molecular weight excluding hydrogens is 260 g/mol. The van der Waals surface area contributed by atoms with Crippen molar-refractivity contribution in [3.05, 3.63) is 36.0 Å². The molecule has 0 fully saturated rings. The van der Waals surface area contributed by atoms with Gasteiger partial charge in [0, 0.05) is 11.6 Å². The van der Waals surface area contributed by atoms with Gasteiger partial charge >= 0.3 is 5.97 Å². The van der Waals surface area contributed by atoms with Crippen LogP contribution in [-0.4, -0.2) is 30.3 Å². The molecule has 0 bridgehead atoms. The summed E-state index contributed by atoms with van der Waals surface area (Å²) in [4.78, 5) is 15.1. The van der Waals surface area contributed by atoms with Gasteiger partial charge in [-0.3, -0.25) is 0 Å². The number of aromatic carboxylic acids is 1. The Hall–Kier alpha value is -2.76. The molecule has 3 N–H and O–H groups in total. The van der Waals surface area contributed by atoms with E-state index in [0.29, 0.717) is 22.6 Å². The van der Waals surface area contributed by atoms with Gasteiger partial charge in [-0.2, -0.15) is 0 Å². The molecule has 0 aliphatic carbocycles. The molecule has 0 saturated heterocycles. The summed E-state index contributed by atoms with van der Waals surface area (Å²) in [6.07, 6.45) is 0. The van der Waals surface area contributed by atoms with Crippen LogP contribution in [0.15, 0.2) is 30.3 Å². The van der Waals surface area contributed by atoms with Crippen LogP contribution in [-0.2, 0) is 0 Å². The lowest BCUT2D eigenvalue weighted by molar-refractivity contribution is 0.0691. The number of carboxylic acid groups (broad SMARTS) is 1. The first-order valence-corrected chi connectivity index (χ1v) is 5.78. The van der Waals surface area contributed by atoms with E-state index in [2.05, 4.69) is 4.98 Å². The number of hydrogen-bond donors (Lipinski definition) is 2. The number of pyridine rings is 1. The summed E-state index contributed by atoms with van der Waals surface area (Å²) in [6.45, 7) is 0. The van der Waals surface area contributed by atoms with Gasteiger partial charge in [-0.05, 0) is 29.8 Å². The number of ether oxygens (including phenoxy) is 2. The van der Waals surface area contributed by atoms with Crippen LogP contribution >= 0.6 is 0 Å². The summed E-state index contributed by atoms with van der Waals surface area (Å²) in [5, 5.41) is 9.22. The average Bonchev–Trinajstić information content (AvgIpc) is 2.46. The number of anilines is 1. The summed E-state index contributed by atoms with van der Waals surface area (Å²) in [5.74, 6) is 0.134. The number of nitrogens with two attached hydrogens (primary N) is 1. The van der Waals surface area contributed by atoms with Gasteiger partial charge in [0.05, 0.1) is 14.2 Å². The van der Waals surface area contributed by atoms with Gasteiger partial charge in [0.1, 0.15) is 17.3 Å². The molecule has 0 spiro atoms. The van der Waals surface area contributed by atoms with Crippen LogP contribution in [0, 0.1) is 0 Å². The van der Waals surface area contributed by atoms with Crippen LogP contribution < -0.4 is 15.2 Å². The first-order chi connectivity index (χ1) is 9.55. The van der Waals surface area contributed by atoms with Crippen molar-refractivity contribution in [1.82, 2.24) is 4.98 Å². The Morgan fingerprint density at radius 1 is 1.15 bits per heavy atom. The van der Waals surface area contributed by atoms with Crippen molar-refractivity contribution in [3.8, 4) is 22.6 Å². The standard InChI is InChI=1S/C14H14N2O4/c1-19-9-5-8(6-10(7-9)20-2)11-3-4-12(15)16-13(11)14(17)18/h3-7H,1-2H3,(H2,15,16)(H,17,18). The highest BCUT2D eigenvalue weighted by atomic mass is 16.5. The minimum atomic E-state index is -1.14. The Morgan fingerprint density at radius 2 is 1.75 bits per heavy atom. The van der Waals surface area contributed by atoms with E-state index in [9.17, 15) is 9.90 Å². The minimum Gasteiger partial charge on any atom is -0.497 e. The van der Waals surface area contributed by atoms with Crippen molar-refractivity contribution in [2.75, 3.05) is 20.0 Å². The molecule has 1 aromatic heterocycles. The van der Waals surface area contributed by atoms with Crippen LogP contribution in [0.2, 0.25) is 0 Å². The third-order valence-electron chi connectivity index (χ3n) is 2.78. The summed E-state index contributed by atoms with van der Waals surface area (Å²) in [5.41, 5.74) is 6.50. The second-order valence-corrected chi connectivity index (χ2v) is 4.04. The lowest BCUT2D eigenvalue weighted by Crippen LogP contribution is -2.05. The van der Waals surface area contributed by atoms with Gasteiger partial charge in [-0.25, -0.2) is 9.78 Å². The van der Waals surface area contributed by atoms with E-state index in [1.807, 2.05) is 0 Å². The second-order valence-electron chi connectivity index (χ2n) is 4.04. The molecule has 1 heterocycles. The van der Waals surface area contributed by atoms with Crippen LogP contribution in [0.5, 0.6) is 11.5 Å². The minimum absolute atomic E-state index is 0.111. The topological polar surface area (TPSA) is 94.7 Å². The van der Waals surface area contributed by atoms with Crippen molar-refractivity contribution in [1.29, 1.82) is 0 Å². The van der Waals surface area contributed by atoms with Crippen LogP contribution in [0.1, 0.15) is 10.5 Å². The third kappa shape index (κ3) is 2.64. The van der Waals surface area contributed by atoms with E-state index in [4.69, 9.17) is 15.2 Å². The van der Waals surface area contributed by atoms with E-state index in [-0.39, 0.29) is 11.5 Å². The highest BCUT2D eigenvalue weighted by Crippen LogP contribution is 2.31. The maximum absolute atomic E-state index is 11.3. The number of nitrogens with zero attached hydrogens (tertiary/aromatic N) is 1. The van der Waals surface area contributed by atoms with E-state index in [1.54, 1.807) is 30.3 Å². The predicted octanol–water partition coefficient (Wildman–Crippen LogP) is 2.05. The summed E-state index contributed by atoms with van der Waals surface area (Å²) >= 11 is 0. The van der Waals surface area contributed by atoms with Crippen molar-refractivity contribution < 1.29 is 19.4 Å². The van der Waals surface area contributed by atoms with E-state index >= 15 is 0 Å². The molecule has 0 aliphatic heterocycles. The fourth-order valence-corrected chi connectivity index (χ4v) is 1.83. The Balaban J connectivity index is 2.64. The summed E-state index contributed by atoms with van der Waals surface area (Å²) in [7, 11) is 3.05. The van der Waals surface area contributed by atoms with Gasteiger partial charge in [0.2, 0.25) is 0 Å². The molecule has 104 valence electrons. The number of nitrogen functional groups attached to an aromatic ring is 1. The highest BCUT2D eigenvalue weighted by Gasteiger charge is 2.15. The molecule has 2 aromatic rings. The van der Waals surface area contributed by atoms with Gasteiger partial charge in [-0.15, -0.1) is 0 Å². The quantitative estimate of drug-likeness (QED) is 0.886. The van der Waals surface area contributed by atoms with E-state index in [0.717, 1.165) is 0 Å². The normalized spacial score (nSPS) is 10.1. The molecule has 0 unspecified atom stereocenters. The van der Waals surface area contributed by atoms with Crippen molar-refractivity contribution in [2.45, 2.75) is 0 Å². The van der Waals surface area contributed by atoms with E-state index < -0.39 is 5.97 Å². The van der Waals surface area contributed by atoms with Crippen LogP contribution in [0.4, 0.5) is 5.82 Å². The molecule has 0 saturated carbocycles. The average molecular weight is 274 g/mol. The lowest BCUT2D eigenvalue weighted by atomic mass is 10.0. The van der Waals surface area contributed by atoms with Gasteiger partial charge in [-0.1, -0.05) is 0 Å². The maximum atomic E-state index is 11.3. The molecule has 6 nitrogen and oxygen atoms in total. The number of methoxy groups -OCH3 is 2. The van der Waals surface area contributed by atoms with Gasteiger partial charge in [0.15, 0.2) is 5.69 Å². The Bertz CT molecular complexity index is 633. The van der Waals surface area contributed by atoms with Gasteiger partial charge in [0.25, 0.3) is 0 Å². The zero-order valence-electron chi connectivity index (χ0n) is 11.1. The zero-order valence-corrected chi connectivity index (χ0v) is 11.1. The lowest BCUT2D eigenvalue weighted by Gasteiger charge is -2.10. The Morgan fingerprint density at radius 3 is 2.25 bits per heavy atom. The fraction of sp³-hybridized carbons (Fsp3) is 0.143. The predicted molar refractivity (Wildman–Crippen MR) is 74.1 cm³/mol. The maximum Gasteiger partial charge on any atom is 0.355 e. The third-order valence-corrected chi connectivity index (χ3v) is 2.78. The molecule has 1 aromatic carbocycles. The smallest absolute Gasteiger partial charge is 0.355 e. The number of carbonyl (C=O) groups is 1. The van der Waals surface area contributed by atoms with Crippen molar-refractivity contribution in [3.63, 3.8) is 0 Å². The monoisotopic (exact) mass is 274 g/mol. The van der Waals surface area contributed by atoms with Crippen molar-refractivity contribution >= 4 is 11.8 Å². The summed E-state index contributed by atoms with van der Waals surface area (Å²) in [6, 6.07) is 8.28. The second kappa shape index (κ2) is 5.48. The number of benzene rings is 1. The first kappa shape index (κ1) is 13.7. The number of carboxylic acids is 1. The summed E-state index contributed by atoms with van der Waals surface area (Å²) < 4.78 is 10.3. The van der Waals surface area contributed by atoms with E-state index in [1.165, 1.54) is 14.2 Å². The molecule has 2 rings (SSSR count). The van der Waals surface area contributed by atoms with Gasteiger partial charge < -0.3 is 20.3 Å². The molecule has 6 heteroatoms. The first-order valence-electron chi connectivity index (χ1n) is 5.78. The Labute approximate surface area is 115 Å². The number of rotatable bonds is 4.